The van der Waals surface area contributed by atoms with E-state index in [9.17, 15) is 9.59 Å². The Kier molecular flexibility index (Phi) is 2.88. The van der Waals surface area contributed by atoms with Crippen LogP contribution in [0.5, 0.6) is 0 Å². The molecule has 0 unspecified atom stereocenters. The first-order chi connectivity index (χ1) is 8.20. The molecule has 0 radical (unpaired) electrons. The van der Waals surface area contributed by atoms with Crippen LogP contribution in [0.3, 0.4) is 0 Å². The first-order valence-corrected chi connectivity index (χ1v) is 4.91. The standard InChI is InChI=1S/C12H8N2O3/c13-6-2-1-3-8-4-5-10-9(7-8)11(15)17-12(16)14-10/h1,3-5,7H,2H2,(H,14,16). The highest BCUT2D eigenvalue weighted by Gasteiger charge is 2.02. The SMILES string of the molecule is N#CCC=Cc1ccc2[nH]c(=O)oc(=O)c2c1. The molecule has 2 rings (SSSR count). The molecule has 0 aliphatic carbocycles. The molecule has 0 saturated heterocycles. The number of aromatic nitrogens is 1. The van der Waals surface area contributed by atoms with Gasteiger partial charge < -0.3 is 4.42 Å². The Morgan fingerprint density at radius 1 is 1.41 bits per heavy atom. The van der Waals surface area contributed by atoms with Gasteiger partial charge >= 0.3 is 11.4 Å². The average Bonchev–Trinajstić information content (AvgIpc) is 2.30. The Bertz CT molecular complexity index is 732. The molecule has 0 atom stereocenters. The van der Waals surface area contributed by atoms with Crippen LogP contribution in [-0.4, -0.2) is 4.98 Å². The molecule has 1 aromatic heterocycles. The molecule has 0 aliphatic heterocycles. The van der Waals surface area contributed by atoms with Crippen molar-refractivity contribution in [1.29, 1.82) is 5.26 Å². The molecule has 1 N–H and O–H groups in total. The molecule has 1 aromatic carbocycles. The molecule has 0 bridgehead atoms. The van der Waals surface area contributed by atoms with Gasteiger partial charge in [0.1, 0.15) is 0 Å². The van der Waals surface area contributed by atoms with Gasteiger partial charge in [0.15, 0.2) is 0 Å². The maximum absolute atomic E-state index is 11.4. The van der Waals surface area contributed by atoms with Crippen LogP contribution in [-0.2, 0) is 0 Å². The minimum absolute atomic E-state index is 0.304. The number of fused-ring (bicyclic) bond motifs is 1. The highest BCUT2D eigenvalue weighted by Crippen LogP contribution is 2.10. The third kappa shape index (κ3) is 2.32. The van der Waals surface area contributed by atoms with Gasteiger partial charge in [0.2, 0.25) is 0 Å². The van der Waals surface area contributed by atoms with Crippen molar-refractivity contribution in [2.45, 2.75) is 6.42 Å². The number of hydrogen-bond acceptors (Lipinski definition) is 4. The molecule has 17 heavy (non-hydrogen) atoms. The van der Waals surface area contributed by atoms with E-state index in [1.807, 2.05) is 6.07 Å². The fourth-order valence-electron chi connectivity index (χ4n) is 1.47. The number of H-pyrrole nitrogens is 1. The van der Waals surface area contributed by atoms with Crippen LogP contribution in [0.15, 0.2) is 38.3 Å². The molecule has 0 spiro atoms. The summed E-state index contributed by atoms with van der Waals surface area (Å²) in [6.07, 6.45) is 3.72. The summed E-state index contributed by atoms with van der Waals surface area (Å²) in [5.74, 6) is -0.768. The molecular weight excluding hydrogens is 220 g/mol. The van der Waals surface area contributed by atoms with Crippen molar-refractivity contribution in [1.82, 2.24) is 4.98 Å². The fourth-order valence-corrected chi connectivity index (χ4v) is 1.47. The van der Waals surface area contributed by atoms with Crippen molar-refractivity contribution in [2.75, 3.05) is 0 Å². The summed E-state index contributed by atoms with van der Waals surface area (Å²) >= 11 is 0. The van der Waals surface area contributed by atoms with Gasteiger partial charge in [0.05, 0.1) is 23.4 Å². The average molecular weight is 228 g/mol. The summed E-state index contributed by atoms with van der Waals surface area (Å²) in [5.41, 5.74) is 0.537. The Morgan fingerprint density at radius 2 is 2.24 bits per heavy atom. The van der Waals surface area contributed by atoms with E-state index in [4.69, 9.17) is 5.26 Å². The van der Waals surface area contributed by atoms with E-state index in [1.54, 1.807) is 30.4 Å². The Labute approximate surface area is 95.6 Å². The molecule has 1 heterocycles. The maximum atomic E-state index is 11.4. The van der Waals surface area contributed by atoms with E-state index in [1.165, 1.54) is 0 Å². The van der Waals surface area contributed by atoms with Gasteiger partial charge in [-0.05, 0) is 17.7 Å². The quantitative estimate of drug-likeness (QED) is 0.841. The minimum atomic E-state index is -0.768. The third-order valence-corrected chi connectivity index (χ3v) is 2.21. The van der Waals surface area contributed by atoms with Crippen molar-refractivity contribution < 1.29 is 4.42 Å². The zero-order valence-corrected chi connectivity index (χ0v) is 8.77. The van der Waals surface area contributed by atoms with Gasteiger partial charge in [0, 0.05) is 0 Å². The lowest BCUT2D eigenvalue weighted by atomic mass is 10.1. The highest BCUT2D eigenvalue weighted by molar-refractivity contribution is 5.79. The summed E-state index contributed by atoms with van der Waals surface area (Å²) in [7, 11) is 0. The molecule has 0 saturated carbocycles. The van der Waals surface area contributed by atoms with Crippen LogP contribution in [0.25, 0.3) is 17.0 Å². The summed E-state index contributed by atoms with van der Waals surface area (Å²) in [4.78, 5) is 24.8. The van der Waals surface area contributed by atoms with Gasteiger partial charge in [-0.15, -0.1) is 0 Å². The number of hydrogen-bond donors (Lipinski definition) is 1. The third-order valence-electron chi connectivity index (χ3n) is 2.21. The number of nitrogens with zero attached hydrogens (tertiary/aromatic N) is 1. The molecule has 84 valence electrons. The smallest absolute Gasteiger partial charge is 0.372 e. The van der Waals surface area contributed by atoms with Gasteiger partial charge in [-0.2, -0.15) is 5.26 Å². The van der Waals surface area contributed by atoms with Crippen LogP contribution in [0, 0.1) is 11.3 Å². The molecule has 0 aliphatic rings. The number of nitriles is 1. The lowest BCUT2D eigenvalue weighted by Gasteiger charge is -1.97. The molecular formula is C12H8N2O3. The molecule has 5 heteroatoms. The largest absolute Gasteiger partial charge is 0.419 e. The normalized spacial score (nSPS) is 10.8. The van der Waals surface area contributed by atoms with Crippen molar-refractivity contribution >= 4 is 17.0 Å². The van der Waals surface area contributed by atoms with E-state index in [0.717, 1.165) is 5.56 Å². The van der Waals surface area contributed by atoms with Crippen LogP contribution >= 0.6 is 0 Å². The second kappa shape index (κ2) is 4.49. The van der Waals surface area contributed by atoms with E-state index < -0.39 is 11.4 Å². The summed E-state index contributed by atoms with van der Waals surface area (Å²) in [6.45, 7) is 0. The fraction of sp³-hybridized carbons (Fsp3) is 0.0833. The monoisotopic (exact) mass is 228 g/mol. The number of aromatic amines is 1. The van der Waals surface area contributed by atoms with Crippen LogP contribution in [0.1, 0.15) is 12.0 Å². The lowest BCUT2D eigenvalue weighted by molar-refractivity contribution is 0.460. The van der Waals surface area contributed by atoms with Crippen molar-refractivity contribution in [3.63, 3.8) is 0 Å². The van der Waals surface area contributed by atoms with Crippen LogP contribution in [0.2, 0.25) is 0 Å². The topological polar surface area (TPSA) is 86.9 Å². The van der Waals surface area contributed by atoms with E-state index >= 15 is 0 Å². The molecule has 0 fully saturated rings. The summed E-state index contributed by atoms with van der Waals surface area (Å²) in [5, 5.41) is 8.69. The zero-order valence-electron chi connectivity index (χ0n) is 8.77. The zero-order chi connectivity index (χ0) is 12.3. The Morgan fingerprint density at radius 3 is 3.00 bits per heavy atom. The van der Waals surface area contributed by atoms with Gasteiger partial charge in [-0.3, -0.25) is 4.98 Å². The Hall–Kier alpha value is -2.61. The lowest BCUT2D eigenvalue weighted by Crippen LogP contribution is -2.14. The van der Waals surface area contributed by atoms with E-state index in [0.29, 0.717) is 17.3 Å². The maximum Gasteiger partial charge on any atom is 0.419 e. The summed E-state index contributed by atoms with van der Waals surface area (Å²) < 4.78 is 4.43. The molecule has 0 amide bonds. The number of rotatable bonds is 2. The van der Waals surface area contributed by atoms with Crippen LogP contribution < -0.4 is 11.4 Å². The summed E-state index contributed by atoms with van der Waals surface area (Å²) in [6, 6.07) is 6.95. The number of benzene rings is 1. The van der Waals surface area contributed by atoms with Crippen molar-refractivity contribution in [3.05, 3.63) is 50.8 Å². The van der Waals surface area contributed by atoms with Crippen molar-refractivity contribution in [2.24, 2.45) is 0 Å². The number of allylic oxidation sites excluding steroid dienone is 1. The van der Waals surface area contributed by atoms with Gasteiger partial charge in [-0.1, -0.05) is 18.2 Å². The highest BCUT2D eigenvalue weighted by atomic mass is 16.4. The second-order valence-corrected chi connectivity index (χ2v) is 3.37. The van der Waals surface area contributed by atoms with Crippen LogP contribution in [0.4, 0.5) is 0 Å². The van der Waals surface area contributed by atoms with Gasteiger partial charge in [0.25, 0.3) is 0 Å². The predicted molar refractivity (Wildman–Crippen MR) is 62.4 cm³/mol. The minimum Gasteiger partial charge on any atom is -0.372 e. The number of nitrogens with one attached hydrogen (secondary N) is 1. The Balaban J connectivity index is 2.55. The van der Waals surface area contributed by atoms with Gasteiger partial charge in [-0.25, -0.2) is 9.59 Å². The van der Waals surface area contributed by atoms with E-state index in [-0.39, 0.29) is 0 Å². The van der Waals surface area contributed by atoms with E-state index in [2.05, 4.69) is 9.40 Å². The second-order valence-electron chi connectivity index (χ2n) is 3.37. The predicted octanol–water partition coefficient (Wildman–Crippen LogP) is 1.41. The first-order valence-electron chi connectivity index (χ1n) is 4.91. The molecule has 2 aromatic rings. The first kappa shape index (κ1) is 10.9. The van der Waals surface area contributed by atoms with Crippen molar-refractivity contribution in [3.8, 4) is 6.07 Å². The molecule has 5 nitrogen and oxygen atoms in total.